The van der Waals surface area contributed by atoms with Gasteiger partial charge in [-0.15, -0.1) is 0 Å². The smallest absolute Gasteiger partial charge is 0.326 e. The van der Waals surface area contributed by atoms with Crippen molar-refractivity contribution in [3.63, 3.8) is 0 Å². The van der Waals surface area contributed by atoms with Crippen LogP contribution in [-0.4, -0.2) is 45.1 Å². The van der Waals surface area contributed by atoms with E-state index in [1.165, 1.54) is 12.1 Å². The summed E-state index contributed by atoms with van der Waals surface area (Å²) in [5.74, 6) is 1.25. The van der Waals surface area contributed by atoms with Gasteiger partial charge in [-0.2, -0.15) is 0 Å². The topological polar surface area (TPSA) is 124 Å². The lowest BCUT2D eigenvalue weighted by Crippen LogP contribution is -2.57. The number of Topliss-reactive ketones (excluding diaryl/α,β-unsaturated/α-hetero) is 1. The van der Waals surface area contributed by atoms with Gasteiger partial charge in [-0.1, -0.05) is 32.9 Å². The number of nitrogens with one attached hydrogen (secondary N) is 1. The van der Waals surface area contributed by atoms with Crippen LogP contribution in [0.15, 0.2) is 24.3 Å². The summed E-state index contributed by atoms with van der Waals surface area (Å²) in [7, 11) is 0. The number of carboxylic acids is 1. The van der Waals surface area contributed by atoms with Crippen LogP contribution in [0.4, 0.5) is 0 Å². The second-order valence-electron chi connectivity index (χ2n) is 14.1. The Morgan fingerprint density at radius 3 is 2.40 bits per heavy atom. The number of benzene rings is 1. The number of aliphatic carboxylic acids is 1. The number of aliphatic hydroxyl groups is 1. The molecule has 4 aliphatic rings. The van der Waals surface area contributed by atoms with Crippen molar-refractivity contribution in [3.8, 4) is 5.75 Å². The number of carboxylic acid groups (broad SMARTS) is 1. The van der Waals surface area contributed by atoms with Crippen LogP contribution in [-0.2, 0) is 20.8 Å². The second-order valence-corrected chi connectivity index (χ2v) is 14.1. The average molecular weight is 554 g/mol. The van der Waals surface area contributed by atoms with Gasteiger partial charge in [0.15, 0.2) is 0 Å². The quantitative estimate of drug-likeness (QED) is 0.354. The maximum absolute atomic E-state index is 13.6. The Morgan fingerprint density at radius 1 is 1.02 bits per heavy atom. The number of hydrogen-bond donors (Lipinski definition) is 4. The monoisotopic (exact) mass is 553 g/mol. The summed E-state index contributed by atoms with van der Waals surface area (Å²) in [5.41, 5.74) is 0.982. The number of aromatic hydroxyl groups is 1. The van der Waals surface area contributed by atoms with Crippen molar-refractivity contribution >= 4 is 17.7 Å². The van der Waals surface area contributed by atoms with E-state index in [1.54, 1.807) is 12.1 Å². The lowest BCUT2D eigenvalue weighted by molar-refractivity contribution is -0.160. The largest absolute Gasteiger partial charge is 0.508 e. The Balaban J connectivity index is 1.20. The number of ketones is 1. The predicted molar refractivity (Wildman–Crippen MR) is 151 cm³/mol. The first kappa shape index (κ1) is 29.1. The molecule has 7 nitrogen and oxygen atoms in total. The minimum atomic E-state index is -1.07. The molecule has 0 spiro atoms. The third kappa shape index (κ3) is 5.31. The highest BCUT2D eigenvalue weighted by Crippen LogP contribution is 2.67. The molecular formula is C33H47NO6. The Labute approximate surface area is 238 Å². The summed E-state index contributed by atoms with van der Waals surface area (Å²) in [6.45, 7) is 7.02. The molecule has 1 aromatic carbocycles. The van der Waals surface area contributed by atoms with Crippen LogP contribution in [0.2, 0.25) is 0 Å². The highest BCUT2D eigenvalue weighted by atomic mass is 16.4. The first-order valence-electron chi connectivity index (χ1n) is 15.4. The molecule has 5 rings (SSSR count). The van der Waals surface area contributed by atoms with Gasteiger partial charge < -0.3 is 20.6 Å². The Morgan fingerprint density at radius 2 is 1.70 bits per heavy atom. The van der Waals surface area contributed by atoms with Crippen molar-refractivity contribution in [1.29, 1.82) is 0 Å². The molecule has 4 fully saturated rings. The van der Waals surface area contributed by atoms with Crippen molar-refractivity contribution in [2.24, 2.45) is 46.3 Å². The number of fused-ring (bicyclic) bond motifs is 5. The van der Waals surface area contributed by atoms with Crippen LogP contribution in [0.5, 0.6) is 5.75 Å². The van der Waals surface area contributed by atoms with E-state index in [4.69, 9.17) is 0 Å². The Kier molecular flexibility index (Phi) is 8.08. The minimum absolute atomic E-state index is 0.0898. The fraction of sp³-hybridized carbons (Fsp3) is 0.727. The number of carbonyl (C=O) groups excluding carboxylic acids is 2. The van der Waals surface area contributed by atoms with E-state index >= 15 is 0 Å². The fourth-order valence-electron chi connectivity index (χ4n) is 9.78. The van der Waals surface area contributed by atoms with Crippen LogP contribution in [0.3, 0.4) is 0 Å². The van der Waals surface area contributed by atoms with Crippen molar-refractivity contribution in [1.82, 2.24) is 5.32 Å². The number of rotatable bonds is 8. The first-order chi connectivity index (χ1) is 18.9. The molecule has 4 saturated carbocycles. The molecule has 0 aliphatic heterocycles. The van der Waals surface area contributed by atoms with Crippen molar-refractivity contribution in [3.05, 3.63) is 29.8 Å². The first-order valence-corrected chi connectivity index (χ1v) is 15.4. The molecule has 220 valence electrons. The molecule has 7 heteroatoms. The van der Waals surface area contributed by atoms with E-state index in [0.29, 0.717) is 48.2 Å². The van der Waals surface area contributed by atoms with E-state index in [2.05, 4.69) is 26.1 Å². The number of carbonyl (C=O) groups is 3. The average Bonchev–Trinajstić information content (AvgIpc) is 3.26. The van der Waals surface area contributed by atoms with Gasteiger partial charge in [-0.3, -0.25) is 9.59 Å². The van der Waals surface area contributed by atoms with Crippen molar-refractivity contribution < 1.29 is 29.7 Å². The molecule has 7 unspecified atom stereocenters. The molecule has 4 N–H and O–H groups in total. The summed E-state index contributed by atoms with van der Waals surface area (Å²) in [4.78, 5) is 38.3. The van der Waals surface area contributed by atoms with Gasteiger partial charge in [0.2, 0.25) is 5.91 Å². The lowest BCUT2D eigenvalue weighted by Gasteiger charge is -2.60. The molecule has 10 atom stereocenters. The fourth-order valence-corrected chi connectivity index (χ4v) is 9.78. The lowest BCUT2D eigenvalue weighted by atomic mass is 9.44. The van der Waals surface area contributed by atoms with Crippen LogP contribution in [0.25, 0.3) is 0 Å². The highest BCUT2D eigenvalue weighted by Gasteiger charge is 2.63. The molecule has 0 saturated heterocycles. The van der Waals surface area contributed by atoms with E-state index in [0.717, 1.165) is 50.5 Å². The maximum atomic E-state index is 13.6. The molecule has 4 aliphatic carbocycles. The predicted octanol–water partition coefficient (Wildman–Crippen LogP) is 5.12. The van der Waals surface area contributed by atoms with Gasteiger partial charge in [0.05, 0.1) is 6.10 Å². The van der Waals surface area contributed by atoms with E-state index in [9.17, 15) is 29.7 Å². The summed E-state index contributed by atoms with van der Waals surface area (Å²) in [6, 6.07) is 5.35. The zero-order valence-corrected chi connectivity index (χ0v) is 24.3. The van der Waals surface area contributed by atoms with Gasteiger partial charge in [-0.25, -0.2) is 4.79 Å². The van der Waals surface area contributed by atoms with E-state index < -0.39 is 12.0 Å². The zero-order chi connectivity index (χ0) is 28.8. The summed E-state index contributed by atoms with van der Waals surface area (Å²) in [6.07, 6.45) is 8.50. The standard InChI is InChI=1S/C33H47NO6/c1-19(4-11-29(38)34-27(31(39)40)16-20-5-7-22(35)8-6-20)24-9-10-25-30-26(13-15-33(24,25)3)32(2)14-12-23(36)17-21(32)18-28(30)37/h5-8,19,21,23-27,30,35-36H,4,9-18H2,1-3H3,(H,34,38)(H,39,40)/t19?,21-,23+,24?,25?,26?,27-,30?,32?,33?/m0/s1. The van der Waals surface area contributed by atoms with Crippen LogP contribution in [0, 0.1) is 46.3 Å². The molecule has 40 heavy (non-hydrogen) atoms. The Hall–Kier alpha value is -2.41. The number of amides is 1. The van der Waals surface area contributed by atoms with Gasteiger partial charge in [0.25, 0.3) is 0 Å². The van der Waals surface area contributed by atoms with Crippen LogP contribution >= 0.6 is 0 Å². The third-order valence-corrected chi connectivity index (χ3v) is 12.0. The second kappa shape index (κ2) is 11.1. The molecule has 0 heterocycles. The van der Waals surface area contributed by atoms with E-state index in [-0.39, 0.29) is 47.4 Å². The molecular weight excluding hydrogens is 506 g/mol. The maximum Gasteiger partial charge on any atom is 0.326 e. The molecule has 0 radical (unpaired) electrons. The van der Waals surface area contributed by atoms with Gasteiger partial charge >= 0.3 is 5.97 Å². The minimum Gasteiger partial charge on any atom is -0.508 e. The number of phenolic OH excluding ortho intramolecular Hbond substituents is 1. The van der Waals surface area contributed by atoms with Crippen molar-refractivity contribution in [2.45, 2.75) is 104 Å². The van der Waals surface area contributed by atoms with Gasteiger partial charge in [-0.05, 0) is 109 Å². The Bertz CT molecular complexity index is 1120. The summed E-state index contributed by atoms with van der Waals surface area (Å²) in [5, 5.41) is 32.1. The number of phenols is 1. The number of hydrogen-bond acceptors (Lipinski definition) is 5. The molecule has 0 bridgehead atoms. The van der Waals surface area contributed by atoms with E-state index in [1.807, 2.05) is 0 Å². The highest BCUT2D eigenvalue weighted by molar-refractivity contribution is 5.84. The summed E-state index contributed by atoms with van der Waals surface area (Å²) < 4.78 is 0. The third-order valence-electron chi connectivity index (χ3n) is 12.0. The van der Waals surface area contributed by atoms with Gasteiger partial charge in [0.1, 0.15) is 17.6 Å². The molecule has 0 aromatic heterocycles. The summed E-state index contributed by atoms with van der Waals surface area (Å²) >= 11 is 0. The number of aliphatic hydroxyl groups excluding tert-OH is 1. The molecule has 1 aromatic rings. The molecule has 1 amide bonds. The van der Waals surface area contributed by atoms with Crippen LogP contribution < -0.4 is 5.32 Å². The van der Waals surface area contributed by atoms with Crippen LogP contribution in [0.1, 0.15) is 90.5 Å². The zero-order valence-electron chi connectivity index (χ0n) is 24.3. The van der Waals surface area contributed by atoms with Crippen molar-refractivity contribution in [2.75, 3.05) is 0 Å². The van der Waals surface area contributed by atoms with Gasteiger partial charge in [0, 0.05) is 25.2 Å². The SMILES string of the molecule is CC(CCC(=O)N[C@@H](Cc1ccc(O)cc1)C(=O)O)C1CCC2C3C(=O)C[C@@H]4C[C@H](O)CCC4(C)C3CCC12C. The normalized spacial score (nSPS) is 38.5.